The molecule has 0 aliphatic carbocycles. The number of hydrogen-bond acceptors (Lipinski definition) is 1. The Balaban J connectivity index is 2.12. The van der Waals surface area contributed by atoms with Gasteiger partial charge in [-0.05, 0) is 25.9 Å². The van der Waals surface area contributed by atoms with Crippen molar-refractivity contribution >= 4 is 11.6 Å². The lowest BCUT2D eigenvalue weighted by atomic mass is 10.2. The Morgan fingerprint density at radius 2 is 2.57 bits per heavy atom. The number of alkyl halides is 1. The van der Waals surface area contributed by atoms with Gasteiger partial charge in [0.15, 0.2) is 0 Å². The summed E-state index contributed by atoms with van der Waals surface area (Å²) in [5.74, 6) is 0. The minimum absolute atomic E-state index is 0.321. The van der Waals surface area contributed by atoms with Gasteiger partial charge in [-0.15, -0.1) is 11.6 Å². The van der Waals surface area contributed by atoms with Crippen molar-refractivity contribution < 1.29 is 0 Å². The van der Waals surface area contributed by atoms with Crippen molar-refractivity contribution in [3.05, 3.63) is 6.42 Å². The van der Waals surface area contributed by atoms with Gasteiger partial charge < -0.3 is 5.32 Å². The van der Waals surface area contributed by atoms with Crippen LogP contribution in [0.2, 0.25) is 0 Å². The lowest BCUT2D eigenvalue weighted by Crippen LogP contribution is -2.28. The third kappa shape index (κ3) is 1.66. The van der Waals surface area contributed by atoms with Crippen LogP contribution in [0.5, 0.6) is 0 Å². The first-order valence-corrected chi connectivity index (χ1v) is 3.01. The molecule has 1 unspecified atom stereocenters. The maximum atomic E-state index is 5.72. The highest BCUT2D eigenvalue weighted by atomic mass is 35.5. The second-order valence-electron chi connectivity index (χ2n) is 1.74. The molecule has 0 aromatic heterocycles. The van der Waals surface area contributed by atoms with E-state index in [0.29, 0.717) is 5.38 Å². The van der Waals surface area contributed by atoms with Gasteiger partial charge in [0.2, 0.25) is 0 Å². The Labute approximate surface area is 49.0 Å². The van der Waals surface area contributed by atoms with Crippen molar-refractivity contribution in [2.24, 2.45) is 0 Å². The number of halogens is 1. The molecule has 1 heterocycles. The smallest absolute Gasteiger partial charge is 0.0392 e. The molecule has 0 spiro atoms. The molecule has 1 aliphatic rings. The molecule has 41 valence electrons. The van der Waals surface area contributed by atoms with Gasteiger partial charge in [0.05, 0.1) is 0 Å². The molecular weight excluding hydrogens is 110 g/mol. The monoisotopic (exact) mass is 118 g/mol. The van der Waals surface area contributed by atoms with Crippen LogP contribution in [0.1, 0.15) is 6.42 Å². The minimum atomic E-state index is 0.321. The van der Waals surface area contributed by atoms with E-state index in [9.17, 15) is 0 Å². The zero-order valence-electron chi connectivity index (χ0n) is 4.15. The highest BCUT2D eigenvalue weighted by Gasteiger charge is 2.07. The Kier molecular flexibility index (Phi) is 1.95. The van der Waals surface area contributed by atoms with Gasteiger partial charge in [0.1, 0.15) is 0 Å². The molecule has 0 amide bonds. The average molecular weight is 119 g/mol. The van der Waals surface area contributed by atoms with Crippen molar-refractivity contribution in [3.8, 4) is 0 Å². The number of hydrogen-bond donors (Lipinski definition) is 1. The summed E-state index contributed by atoms with van der Waals surface area (Å²) >= 11 is 5.72. The van der Waals surface area contributed by atoms with E-state index < -0.39 is 0 Å². The summed E-state index contributed by atoms with van der Waals surface area (Å²) in [7, 11) is 0. The van der Waals surface area contributed by atoms with Crippen molar-refractivity contribution in [1.82, 2.24) is 5.32 Å². The van der Waals surface area contributed by atoms with E-state index in [4.69, 9.17) is 11.6 Å². The molecular formula is C5H9ClN. The number of piperidine rings is 1. The zero-order chi connectivity index (χ0) is 5.11. The molecule has 2 heteroatoms. The lowest BCUT2D eigenvalue weighted by molar-refractivity contribution is 0.609. The standard InChI is InChI=1S/C5H9ClN/c6-5-1-3-7-4-2-5/h1,5,7H,2-4H2. The van der Waals surface area contributed by atoms with Crippen LogP contribution >= 0.6 is 11.6 Å². The molecule has 1 aliphatic heterocycles. The van der Waals surface area contributed by atoms with E-state index in [-0.39, 0.29) is 0 Å². The summed E-state index contributed by atoms with van der Waals surface area (Å²) in [6.07, 6.45) is 3.17. The highest BCUT2D eigenvalue weighted by molar-refractivity contribution is 6.21. The van der Waals surface area contributed by atoms with E-state index in [1.807, 2.05) is 0 Å². The molecule has 1 atom stereocenters. The fourth-order valence-corrected chi connectivity index (χ4v) is 0.869. The second-order valence-corrected chi connectivity index (χ2v) is 2.31. The SMILES string of the molecule is ClC1[CH]CNCC1. The summed E-state index contributed by atoms with van der Waals surface area (Å²) in [5, 5.41) is 3.50. The van der Waals surface area contributed by atoms with E-state index in [2.05, 4.69) is 11.7 Å². The molecule has 1 rings (SSSR count). The van der Waals surface area contributed by atoms with Crippen molar-refractivity contribution in [2.45, 2.75) is 11.8 Å². The van der Waals surface area contributed by atoms with Gasteiger partial charge in [-0.25, -0.2) is 0 Å². The highest BCUT2D eigenvalue weighted by Crippen LogP contribution is 2.07. The van der Waals surface area contributed by atoms with Gasteiger partial charge in [-0.1, -0.05) is 0 Å². The molecule has 1 N–H and O–H groups in total. The van der Waals surface area contributed by atoms with Crippen LogP contribution < -0.4 is 5.32 Å². The van der Waals surface area contributed by atoms with Crippen LogP contribution in [-0.4, -0.2) is 18.5 Å². The van der Waals surface area contributed by atoms with E-state index in [1.54, 1.807) is 0 Å². The van der Waals surface area contributed by atoms with Crippen molar-refractivity contribution in [2.75, 3.05) is 13.1 Å². The zero-order valence-corrected chi connectivity index (χ0v) is 4.91. The Bertz CT molecular complexity index is 50.0. The number of rotatable bonds is 0. The van der Waals surface area contributed by atoms with Gasteiger partial charge in [-0.3, -0.25) is 0 Å². The summed E-state index contributed by atoms with van der Waals surface area (Å²) in [6.45, 7) is 2.05. The minimum Gasteiger partial charge on any atom is -0.316 e. The Morgan fingerprint density at radius 3 is 2.86 bits per heavy atom. The van der Waals surface area contributed by atoms with E-state index >= 15 is 0 Å². The second kappa shape index (κ2) is 2.53. The third-order valence-electron chi connectivity index (χ3n) is 1.11. The lowest BCUT2D eigenvalue weighted by Gasteiger charge is -2.15. The van der Waals surface area contributed by atoms with Gasteiger partial charge in [0, 0.05) is 5.38 Å². The van der Waals surface area contributed by atoms with Gasteiger partial charge in [-0.2, -0.15) is 0 Å². The summed E-state index contributed by atoms with van der Waals surface area (Å²) < 4.78 is 0. The molecule has 0 saturated carbocycles. The number of nitrogens with one attached hydrogen (secondary N) is 1. The molecule has 7 heavy (non-hydrogen) atoms. The summed E-state index contributed by atoms with van der Waals surface area (Å²) in [4.78, 5) is 0. The molecule has 1 fully saturated rings. The fourth-order valence-electron chi connectivity index (χ4n) is 0.671. The molecule has 0 aromatic rings. The van der Waals surface area contributed by atoms with Crippen LogP contribution in [0, 0.1) is 6.42 Å². The maximum Gasteiger partial charge on any atom is 0.0392 e. The first kappa shape index (κ1) is 5.39. The van der Waals surface area contributed by atoms with E-state index in [0.717, 1.165) is 19.5 Å². The normalized spacial score (nSPS) is 25.3. The van der Waals surface area contributed by atoms with Crippen LogP contribution in [0.15, 0.2) is 0 Å². The van der Waals surface area contributed by atoms with Crippen LogP contribution in [0.4, 0.5) is 0 Å². The first-order chi connectivity index (χ1) is 3.39. The third-order valence-corrected chi connectivity index (χ3v) is 1.51. The van der Waals surface area contributed by atoms with Crippen molar-refractivity contribution in [3.63, 3.8) is 0 Å². The molecule has 1 saturated heterocycles. The van der Waals surface area contributed by atoms with Gasteiger partial charge in [0.25, 0.3) is 0 Å². The molecule has 1 radical (unpaired) electrons. The first-order valence-electron chi connectivity index (χ1n) is 2.58. The predicted octanol–water partition coefficient (Wildman–Crippen LogP) is 0.791. The fraction of sp³-hybridized carbons (Fsp3) is 0.800. The average Bonchev–Trinajstić information content (AvgIpc) is 1.69. The van der Waals surface area contributed by atoms with E-state index in [1.165, 1.54) is 0 Å². The largest absolute Gasteiger partial charge is 0.316 e. The van der Waals surface area contributed by atoms with Gasteiger partial charge >= 0.3 is 0 Å². The Morgan fingerprint density at radius 1 is 1.71 bits per heavy atom. The quantitative estimate of drug-likeness (QED) is 0.464. The maximum absolute atomic E-state index is 5.72. The Hall–Kier alpha value is 0.250. The summed E-state index contributed by atoms with van der Waals surface area (Å²) in [6, 6.07) is 0. The predicted molar refractivity (Wildman–Crippen MR) is 31.4 cm³/mol. The van der Waals surface area contributed by atoms with Crippen LogP contribution in [-0.2, 0) is 0 Å². The molecule has 1 nitrogen and oxygen atoms in total. The summed E-state index contributed by atoms with van der Waals surface area (Å²) in [5.41, 5.74) is 0. The topological polar surface area (TPSA) is 12.0 Å². The van der Waals surface area contributed by atoms with Crippen LogP contribution in [0.3, 0.4) is 0 Å². The molecule has 0 bridgehead atoms. The molecule has 0 aromatic carbocycles. The van der Waals surface area contributed by atoms with Crippen molar-refractivity contribution in [1.29, 1.82) is 0 Å². The van der Waals surface area contributed by atoms with Crippen LogP contribution in [0.25, 0.3) is 0 Å².